The minimum atomic E-state index is -0.332. The summed E-state index contributed by atoms with van der Waals surface area (Å²) >= 11 is 1.60. The number of carbonyl (C=O) groups excluding carboxylic acids is 1. The summed E-state index contributed by atoms with van der Waals surface area (Å²) < 4.78 is 0. The Bertz CT molecular complexity index is 410. The van der Waals surface area contributed by atoms with Crippen molar-refractivity contribution < 1.29 is 4.79 Å². The van der Waals surface area contributed by atoms with E-state index in [-0.39, 0.29) is 11.4 Å². The van der Waals surface area contributed by atoms with E-state index in [1.165, 1.54) is 0 Å². The summed E-state index contributed by atoms with van der Waals surface area (Å²) in [6, 6.07) is 0. The maximum Gasteiger partial charge on any atom is 0.240 e. The van der Waals surface area contributed by atoms with Crippen molar-refractivity contribution >= 4 is 17.2 Å². The molecule has 18 heavy (non-hydrogen) atoms. The summed E-state index contributed by atoms with van der Waals surface area (Å²) in [5, 5.41) is 9.40. The highest BCUT2D eigenvalue weighted by atomic mass is 32.1. The van der Waals surface area contributed by atoms with Crippen LogP contribution in [0.15, 0.2) is 5.38 Å². The maximum absolute atomic E-state index is 12.3. The van der Waals surface area contributed by atoms with Crippen LogP contribution in [-0.2, 0) is 11.3 Å². The highest BCUT2D eigenvalue weighted by molar-refractivity contribution is 7.09. The van der Waals surface area contributed by atoms with Gasteiger partial charge in [0.25, 0.3) is 0 Å². The normalized spacial score (nSPS) is 23.2. The molecule has 0 aliphatic carbocycles. The number of aromatic nitrogens is 1. The van der Waals surface area contributed by atoms with Crippen LogP contribution in [0.25, 0.3) is 0 Å². The van der Waals surface area contributed by atoms with Crippen LogP contribution in [0.1, 0.15) is 43.3 Å². The second kappa shape index (κ2) is 5.80. The van der Waals surface area contributed by atoms with E-state index in [4.69, 9.17) is 0 Å². The molecule has 1 aliphatic heterocycles. The van der Waals surface area contributed by atoms with Gasteiger partial charge in [0, 0.05) is 11.1 Å². The molecule has 2 N–H and O–H groups in total. The summed E-state index contributed by atoms with van der Waals surface area (Å²) in [6.45, 7) is 5.59. The molecular formula is C13H21N3OS. The van der Waals surface area contributed by atoms with Gasteiger partial charge in [0.05, 0.1) is 12.1 Å². The number of aryl methyl sites for hydroxylation is 1. The van der Waals surface area contributed by atoms with Crippen molar-refractivity contribution in [3.05, 3.63) is 16.1 Å². The first-order valence-corrected chi connectivity index (χ1v) is 7.48. The van der Waals surface area contributed by atoms with Crippen LogP contribution in [-0.4, -0.2) is 23.0 Å². The zero-order valence-electron chi connectivity index (χ0n) is 11.1. The van der Waals surface area contributed by atoms with Gasteiger partial charge in [-0.25, -0.2) is 4.98 Å². The standard InChI is InChI=1S/C13H21N3OS/c1-3-5-13(6-4-7-15-13)12(17)14-8-11-16-10(2)9-18-11/h9,15H,3-8H2,1-2H3,(H,14,17). The van der Waals surface area contributed by atoms with Crippen molar-refractivity contribution in [1.82, 2.24) is 15.6 Å². The van der Waals surface area contributed by atoms with Crippen LogP contribution in [0.3, 0.4) is 0 Å². The predicted octanol–water partition coefficient (Wildman–Crippen LogP) is 1.99. The van der Waals surface area contributed by atoms with Crippen molar-refractivity contribution in [2.75, 3.05) is 6.54 Å². The van der Waals surface area contributed by atoms with E-state index in [0.717, 1.165) is 42.9 Å². The van der Waals surface area contributed by atoms with E-state index in [1.807, 2.05) is 12.3 Å². The Labute approximate surface area is 112 Å². The SMILES string of the molecule is CCCC1(C(=O)NCc2nc(C)cs2)CCCN1. The summed E-state index contributed by atoms with van der Waals surface area (Å²) in [4.78, 5) is 16.7. The summed E-state index contributed by atoms with van der Waals surface area (Å²) in [6.07, 6.45) is 3.97. The summed E-state index contributed by atoms with van der Waals surface area (Å²) in [5.74, 6) is 0.134. The number of amides is 1. The van der Waals surface area contributed by atoms with Crippen LogP contribution in [0.5, 0.6) is 0 Å². The Morgan fingerprint density at radius 3 is 3.06 bits per heavy atom. The van der Waals surface area contributed by atoms with Gasteiger partial charge in [-0.1, -0.05) is 13.3 Å². The molecule has 2 heterocycles. The van der Waals surface area contributed by atoms with Crippen molar-refractivity contribution in [3.8, 4) is 0 Å². The van der Waals surface area contributed by atoms with Gasteiger partial charge in [0.15, 0.2) is 0 Å². The Hall–Kier alpha value is -0.940. The van der Waals surface area contributed by atoms with Crippen LogP contribution < -0.4 is 10.6 Å². The lowest BCUT2D eigenvalue weighted by Crippen LogP contribution is -2.53. The molecule has 1 fully saturated rings. The Morgan fingerprint density at radius 1 is 1.67 bits per heavy atom. The number of thiazole rings is 1. The fourth-order valence-corrected chi connectivity index (χ4v) is 3.27. The fourth-order valence-electron chi connectivity index (χ4n) is 2.56. The summed E-state index contributed by atoms with van der Waals surface area (Å²) in [7, 11) is 0. The topological polar surface area (TPSA) is 54.0 Å². The Morgan fingerprint density at radius 2 is 2.50 bits per heavy atom. The smallest absolute Gasteiger partial charge is 0.240 e. The number of nitrogens with zero attached hydrogens (tertiary/aromatic N) is 1. The molecule has 2 rings (SSSR count). The van der Waals surface area contributed by atoms with Gasteiger partial charge in [-0.3, -0.25) is 4.79 Å². The number of nitrogens with one attached hydrogen (secondary N) is 2. The highest BCUT2D eigenvalue weighted by Crippen LogP contribution is 2.25. The van der Waals surface area contributed by atoms with Crippen LogP contribution in [0.4, 0.5) is 0 Å². The molecule has 4 nitrogen and oxygen atoms in total. The molecule has 1 aliphatic rings. The predicted molar refractivity (Wildman–Crippen MR) is 73.6 cm³/mol. The van der Waals surface area contributed by atoms with Gasteiger partial charge < -0.3 is 10.6 Å². The third-order valence-corrected chi connectivity index (χ3v) is 4.39. The highest BCUT2D eigenvalue weighted by Gasteiger charge is 2.39. The lowest BCUT2D eigenvalue weighted by molar-refractivity contribution is -0.127. The maximum atomic E-state index is 12.3. The van der Waals surface area contributed by atoms with Crippen molar-refractivity contribution in [1.29, 1.82) is 0 Å². The quantitative estimate of drug-likeness (QED) is 0.858. The second-order valence-corrected chi connectivity index (χ2v) is 5.87. The van der Waals surface area contributed by atoms with E-state index in [9.17, 15) is 4.79 Å². The molecule has 0 saturated carbocycles. The monoisotopic (exact) mass is 267 g/mol. The summed E-state index contributed by atoms with van der Waals surface area (Å²) in [5.41, 5.74) is 0.688. The van der Waals surface area contributed by atoms with Gasteiger partial charge in [0.2, 0.25) is 5.91 Å². The average Bonchev–Trinajstić information content (AvgIpc) is 2.97. The van der Waals surface area contributed by atoms with Gasteiger partial charge in [-0.05, 0) is 32.7 Å². The lowest BCUT2D eigenvalue weighted by Gasteiger charge is -2.27. The van der Waals surface area contributed by atoms with Gasteiger partial charge >= 0.3 is 0 Å². The van der Waals surface area contributed by atoms with Crippen molar-refractivity contribution in [2.45, 2.75) is 51.6 Å². The number of hydrogen-bond acceptors (Lipinski definition) is 4. The first-order valence-electron chi connectivity index (χ1n) is 6.60. The molecule has 0 spiro atoms. The van der Waals surface area contributed by atoms with Gasteiger partial charge in [-0.2, -0.15) is 0 Å². The van der Waals surface area contributed by atoms with E-state index in [2.05, 4.69) is 22.5 Å². The molecule has 1 aromatic heterocycles. The van der Waals surface area contributed by atoms with E-state index >= 15 is 0 Å². The molecule has 0 radical (unpaired) electrons. The largest absolute Gasteiger partial charge is 0.348 e. The molecule has 1 saturated heterocycles. The zero-order chi connectivity index (χ0) is 13.0. The first kappa shape index (κ1) is 13.5. The number of rotatable bonds is 5. The van der Waals surface area contributed by atoms with E-state index in [0.29, 0.717) is 6.54 Å². The van der Waals surface area contributed by atoms with Crippen LogP contribution in [0, 0.1) is 6.92 Å². The molecule has 1 atom stereocenters. The van der Waals surface area contributed by atoms with Gasteiger partial charge in [0.1, 0.15) is 5.01 Å². The third-order valence-electron chi connectivity index (χ3n) is 3.42. The Kier molecular flexibility index (Phi) is 4.35. The first-order chi connectivity index (χ1) is 8.66. The van der Waals surface area contributed by atoms with Crippen molar-refractivity contribution in [2.24, 2.45) is 0 Å². The zero-order valence-corrected chi connectivity index (χ0v) is 11.9. The van der Waals surface area contributed by atoms with E-state index in [1.54, 1.807) is 11.3 Å². The molecule has 5 heteroatoms. The second-order valence-electron chi connectivity index (χ2n) is 4.93. The number of carbonyl (C=O) groups is 1. The average molecular weight is 267 g/mol. The molecule has 1 aromatic rings. The molecule has 1 amide bonds. The Balaban J connectivity index is 1.93. The van der Waals surface area contributed by atoms with E-state index < -0.39 is 0 Å². The minimum absolute atomic E-state index is 0.134. The minimum Gasteiger partial charge on any atom is -0.348 e. The lowest BCUT2D eigenvalue weighted by atomic mass is 9.91. The van der Waals surface area contributed by atoms with Gasteiger partial charge in [-0.15, -0.1) is 11.3 Å². The molecular weight excluding hydrogens is 246 g/mol. The molecule has 0 aromatic carbocycles. The van der Waals surface area contributed by atoms with Crippen LogP contribution >= 0.6 is 11.3 Å². The van der Waals surface area contributed by atoms with Crippen molar-refractivity contribution in [3.63, 3.8) is 0 Å². The van der Waals surface area contributed by atoms with Crippen LogP contribution in [0.2, 0.25) is 0 Å². The molecule has 0 bridgehead atoms. The number of hydrogen-bond donors (Lipinski definition) is 2. The fraction of sp³-hybridized carbons (Fsp3) is 0.692. The molecule has 1 unspecified atom stereocenters. The molecule has 100 valence electrons. The third kappa shape index (κ3) is 2.90.